The van der Waals surface area contributed by atoms with Gasteiger partial charge in [0, 0.05) is 33.4 Å². The number of halogens is 42. The van der Waals surface area contributed by atoms with Gasteiger partial charge in [0.1, 0.15) is 28.5 Å². The van der Waals surface area contributed by atoms with E-state index in [4.69, 9.17) is 0 Å². The summed E-state index contributed by atoms with van der Waals surface area (Å²) < 4.78 is 683. The summed E-state index contributed by atoms with van der Waals surface area (Å²) in [6.07, 6.45) is 0. The quantitative estimate of drug-likeness (QED) is 0.0842. The van der Waals surface area contributed by atoms with Crippen LogP contribution in [0.3, 0.4) is 0 Å². The Morgan fingerprint density at radius 1 is 0.175 bits per heavy atom. The van der Waals surface area contributed by atoms with Crippen molar-refractivity contribution in [1.29, 1.82) is 0 Å². The molecule has 114 heavy (non-hydrogen) atoms. The minimum atomic E-state index is -4.70. The second kappa shape index (κ2) is 27.1. The summed E-state index contributed by atoms with van der Waals surface area (Å²) >= 11 is 0. The minimum absolute atomic E-state index is 0.756. The van der Waals surface area contributed by atoms with E-state index < -0.39 is 379 Å². The van der Waals surface area contributed by atoms with Gasteiger partial charge in [0.2, 0.25) is 34.9 Å². The van der Waals surface area contributed by atoms with Crippen LogP contribution in [0.25, 0.3) is 27.9 Å². The van der Waals surface area contributed by atoms with E-state index in [-0.39, 0.29) is 0 Å². The number of nitrogens with zero attached hydrogens (tertiary/aromatic N) is 3. The number of rotatable bonds is 6. The van der Waals surface area contributed by atoms with E-state index in [0.29, 0.717) is 0 Å². The van der Waals surface area contributed by atoms with Gasteiger partial charge in [-0.15, -0.1) is 0 Å². The SMILES string of the molecule is FC1=C(F)/C2=C(\c3c(F)c(F)c(F)c(F)c3F)c3[nH]c(c(F)c3F)/C(c3c(F)c(F)c(F)c(F)c3F)=C3\N=C(C(F)=C3F)C(c3c(F)c(F)c(F)c(F)c3F)c3[nH]c(c(F)c3F)/C(c3c(F)c(F)c(F)c(F)c3F)=C3N=C(C(F)=C\3F)/C(c3c(F)c(F)c(F)c(F)c3F)=c3\[nH]/c(c(F)c3F)=C(/c3c(F)c(F)c(F)c(F)c3F)C1=N2. The molecule has 0 amide bonds. The molecular weight excluding hydrogens is 1670 g/mol. The van der Waals surface area contributed by atoms with Crippen molar-refractivity contribution in [2.75, 3.05) is 0 Å². The highest BCUT2D eigenvalue weighted by Crippen LogP contribution is 2.52. The number of aromatic nitrogens is 3. The Kier molecular flexibility index (Phi) is 18.9. The summed E-state index contributed by atoms with van der Waals surface area (Å²) in [4.78, 5) is 10.4. The van der Waals surface area contributed by atoms with Crippen molar-refractivity contribution >= 4 is 45.0 Å². The van der Waals surface area contributed by atoms with Crippen molar-refractivity contribution in [3.8, 4) is 0 Å². The normalized spacial score (nSPS) is 18.5. The highest BCUT2D eigenvalue weighted by atomic mass is 19.2. The minimum Gasteiger partial charge on any atom is -0.353 e. The molecule has 6 aromatic carbocycles. The summed E-state index contributed by atoms with van der Waals surface area (Å²) in [7, 11) is 0. The molecule has 7 heterocycles. The zero-order chi connectivity index (χ0) is 84.3. The monoisotopic (exact) mass is 1680 g/mol. The number of hydrogen-bond donors (Lipinski definition) is 3. The predicted octanol–water partition coefficient (Wildman–Crippen LogP) is 19.7. The second-order valence-electron chi connectivity index (χ2n) is 22.9. The van der Waals surface area contributed by atoms with Crippen LogP contribution in [0.1, 0.15) is 62.1 Å². The molecule has 9 aromatic rings. The van der Waals surface area contributed by atoms with Gasteiger partial charge in [-0.1, -0.05) is 0 Å². The Bertz CT molecular complexity index is 6370. The van der Waals surface area contributed by atoms with Crippen molar-refractivity contribution in [2.45, 2.75) is 5.92 Å². The Balaban J connectivity index is 1.38. The molecule has 0 radical (unpaired) electrons. The maximum absolute atomic E-state index is 17.5. The standard InChI is InChI=1S/C66H4F42N6/c67-13-1(14(68)26(80)37(91)25(13)79)7-55-43(97)45(99)57(109-55)8(2-15(69)27(81)38(92)28(82)16(2)70)59-47(101)49(103)61(111-59)10(4-19(73)31(85)40(94)32(86)20(4)74)63-51(105)53(107)65(113-63)12(6-23(77)35(89)42(96)36(90)24(6)78)66-54(108)52(106)64(114-66)11(5-21(75)33(87)41(95)34(88)22(5)76)62-50(104)48(102)60(112-62)9(58-46(100)44(98)56(7)110-58)3-17(71)29(83)39(93)30(84)18(3)72/h7,109,112-113H/b58-9-,59-8-,63-10-,64-11-,65-12-. The molecule has 0 saturated heterocycles. The fraction of sp³-hybridized carbons (Fsp3) is 0.0152. The highest BCUT2D eigenvalue weighted by Gasteiger charge is 2.49. The number of nitrogens with one attached hydrogen (secondary N) is 3. The molecule has 6 nitrogen and oxygen atoms in total. The first-order valence-corrected chi connectivity index (χ1v) is 28.9. The predicted molar refractivity (Wildman–Crippen MR) is 294 cm³/mol. The van der Waals surface area contributed by atoms with Crippen molar-refractivity contribution in [3.63, 3.8) is 0 Å². The Labute approximate surface area is 592 Å². The Morgan fingerprint density at radius 3 is 0.675 bits per heavy atom. The van der Waals surface area contributed by atoms with Crippen LogP contribution in [0.4, 0.5) is 184 Å². The zero-order valence-electron chi connectivity index (χ0n) is 51.8. The molecular formula is C66H4F42N6. The van der Waals surface area contributed by atoms with Crippen LogP contribution in [0, 0.1) is 209 Å². The summed E-state index contributed by atoms with van der Waals surface area (Å²) in [6.45, 7) is 0. The van der Waals surface area contributed by atoms with E-state index in [0.717, 1.165) is 15.0 Å². The van der Waals surface area contributed by atoms with Crippen LogP contribution in [0.5, 0.6) is 0 Å². The molecule has 592 valence electrons. The van der Waals surface area contributed by atoms with Gasteiger partial charge >= 0.3 is 0 Å². The van der Waals surface area contributed by atoms with Gasteiger partial charge in [0.05, 0.1) is 72.9 Å². The van der Waals surface area contributed by atoms with Gasteiger partial charge in [0.15, 0.2) is 209 Å². The van der Waals surface area contributed by atoms with Crippen LogP contribution < -0.4 is 10.7 Å². The van der Waals surface area contributed by atoms with Gasteiger partial charge in [-0.2, -0.15) is 0 Å². The number of fused-ring (bicyclic) bond motifs is 9. The van der Waals surface area contributed by atoms with E-state index in [1.54, 1.807) is 0 Å². The van der Waals surface area contributed by atoms with Crippen molar-refractivity contribution < 1.29 is 184 Å². The van der Waals surface area contributed by atoms with Crippen LogP contribution in [-0.2, 0) is 0 Å². The molecule has 4 aliphatic heterocycles. The fourth-order valence-corrected chi connectivity index (χ4v) is 12.0. The number of aromatic amines is 3. The third kappa shape index (κ3) is 10.7. The maximum Gasteiger partial charge on any atom is 0.200 e. The topological polar surface area (TPSA) is 84.5 Å². The number of allylic oxidation sites excluding steroid dienone is 6. The van der Waals surface area contributed by atoms with Gasteiger partial charge in [-0.3, -0.25) is 0 Å². The molecule has 12 bridgehead atoms. The molecule has 3 aromatic heterocycles. The average Bonchev–Trinajstić information content (AvgIpc) is 1.57. The van der Waals surface area contributed by atoms with E-state index in [1.807, 2.05) is 0 Å². The first-order chi connectivity index (χ1) is 53.1. The molecule has 13 rings (SSSR count). The van der Waals surface area contributed by atoms with E-state index in [9.17, 15) is 26.3 Å². The van der Waals surface area contributed by atoms with E-state index in [2.05, 4.69) is 15.0 Å². The lowest BCUT2D eigenvalue weighted by molar-refractivity contribution is 0.369. The molecule has 48 heteroatoms. The number of hydrogen-bond acceptors (Lipinski definition) is 3. The summed E-state index contributed by atoms with van der Waals surface area (Å²) in [5.41, 5.74) is -68.0. The first-order valence-electron chi connectivity index (χ1n) is 28.9. The molecule has 1 unspecified atom stereocenters. The van der Waals surface area contributed by atoms with Crippen LogP contribution in [-0.4, -0.2) is 32.1 Å². The average molecular weight is 1680 g/mol. The molecule has 1 atom stereocenters. The van der Waals surface area contributed by atoms with Gasteiger partial charge < -0.3 is 15.0 Å². The Hall–Kier alpha value is -12.6. The van der Waals surface area contributed by atoms with Crippen LogP contribution >= 0.6 is 0 Å². The smallest absolute Gasteiger partial charge is 0.200 e. The fourth-order valence-electron chi connectivity index (χ4n) is 12.0. The van der Waals surface area contributed by atoms with Gasteiger partial charge in [-0.25, -0.2) is 199 Å². The maximum atomic E-state index is 17.5. The molecule has 0 fully saturated rings. The molecule has 0 spiro atoms. The number of H-pyrrole nitrogens is 3. The van der Waals surface area contributed by atoms with E-state index in [1.165, 1.54) is 0 Å². The van der Waals surface area contributed by atoms with Crippen molar-refractivity contribution in [1.82, 2.24) is 15.0 Å². The first kappa shape index (κ1) is 79.5. The van der Waals surface area contributed by atoms with Crippen LogP contribution in [0.15, 0.2) is 67.0 Å². The summed E-state index contributed by atoms with van der Waals surface area (Å²) in [5.74, 6) is -157. The highest BCUT2D eigenvalue weighted by molar-refractivity contribution is 6.34. The summed E-state index contributed by atoms with van der Waals surface area (Å²) in [5, 5.41) is -6.28. The largest absolute Gasteiger partial charge is 0.353 e. The summed E-state index contributed by atoms with van der Waals surface area (Å²) in [6, 6.07) is 0. The third-order valence-corrected chi connectivity index (χ3v) is 17.0. The van der Waals surface area contributed by atoms with Gasteiger partial charge in [-0.05, 0) is 0 Å². The lowest BCUT2D eigenvalue weighted by atomic mass is 9.88. The zero-order valence-corrected chi connectivity index (χ0v) is 51.8. The number of benzene rings is 6. The number of aliphatic imine (C=N–C) groups is 3. The van der Waals surface area contributed by atoms with Crippen LogP contribution in [0.2, 0.25) is 0 Å². The molecule has 4 aliphatic rings. The lowest BCUT2D eigenvalue weighted by Gasteiger charge is -2.19. The second-order valence-corrected chi connectivity index (χ2v) is 22.9. The van der Waals surface area contributed by atoms with Crippen molar-refractivity contribution in [2.24, 2.45) is 15.0 Å². The van der Waals surface area contributed by atoms with E-state index >= 15 is 158 Å². The molecule has 0 saturated carbocycles. The van der Waals surface area contributed by atoms with Crippen molar-refractivity contribution in [3.05, 3.63) is 328 Å². The Morgan fingerprint density at radius 2 is 0.395 bits per heavy atom. The molecule has 3 N–H and O–H groups in total. The van der Waals surface area contributed by atoms with Gasteiger partial charge in [0.25, 0.3) is 0 Å². The lowest BCUT2D eigenvalue weighted by Crippen LogP contribution is -2.26. The molecule has 0 aliphatic carbocycles. The third-order valence-electron chi connectivity index (χ3n) is 17.0.